The average Bonchev–Trinajstić information content (AvgIpc) is 2.31. The van der Waals surface area contributed by atoms with Gasteiger partial charge in [0.25, 0.3) is 0 Å². The van der Waals surface area contributed by atoms with Gasteiger partial charge in [0.1, 0.15) is 16.4 Å². The van der Waals surface area contributed by atoms with Gasteiger partial charge in [0.05, 0.1) is 10.7 Å². The third-order valence-electron chi connectivity index (χ3n) is 1.92. The van der Waals surface area contributed by atoms with E-state index in [0.29, 0.717) is 27.3 Å². The first kappa shape index (κ1) is 12.6. The molecule has 0 saturated heterocycles. The molecule has 0 N–H and O–H groups in total. The summed E-state index contributed by atoms with van der Waals surface area (Å²) in [6, 6.07) is 8.73. The molecule has 0 radical (unpaired) electrons. The summed E-state index contributed by atoms with van der Waals surface area (Å²) in [7, 11) is 0. The molecule has 0 fully saturated rings. The smallest absolute Gasteiger partial charge is 0.215 e. The van der Waals surface area contributed by atoms with Gasteiger partial charge in [-0.1, -0.05) is 29.3 Å². The van der Waals surface area contributed by atoms with Gasteiger partial charge in [-0.25, -0.2) is 9.97 Å². The van der Waals surface area contributed by atoms with Crippen molar-refractivity contribution in [2.24, 2.45) is 0 Å². The third kappa shape index (κ3) is 3.56. The van der Waals surface area contributed by atoms with Crippen molar-refractivity contribution in [1.82, 2.24) is 9.97 Å². The maximum Gasteiger partial charge on any atom is 0.215 e. The van der Waals surface area contributed by atoms with Crippen LogP contribution in [0.25, 0.3) is 0 Å². The molecule has 17 heavy (non-hydrogen) atoms. The highest BCUT2D eigenvalue weighted by Crippen LogP contribution is 2.20. The molecular weight excluding hydrogens is 327 g/mol. The number of ether oxygens (including phenoxy) is 1. The van der Waals surface area contributed by atoms with E-state index < -0.39 is 0 Å². The Hall–Kier alpha value is -0.840. The lowest BCUT2D eigenvalue weighted by molar-refractivity contribution is 0.289. The Morgan fingerprint density at radius 2 is 1.94 bits per heavy atom. The van der Waals surface area contributed by atoms with Crippen molar-refractivity contribution in [3.63, 3.8) is 0 Å². The Bertz CT molecular complexity index is 537. The largest absolute Gasteiger partial charge is 0.471 e. The highest BCUT2D eigenvalue weighted by Gasteiger charge is 2.02. The highest BCUT2D eigenvalue weighted by molar-refractivity contribution is 9.10. The minimum absolute atomic E-state index is 0.309. The van der Waals surface area contributed by atoms with E-state index in [1.165, 1.54) is 0 Å². The number of aromatic nitrogens is 2. The monoisotopic (exact) mass is 332 g/mol. The minimum atomic E-state index is 0.309. The molecule has 0 unspecified atom stereocenters. The summed E-state index contributed by atoms with van der Waals surface area (Å²) in [6.07, 6.45) is 0. The molecule has 0 saturated carbocycles. The van der Waals surface area contributed by atoms with Crippen LogP contribution < -0.4 is 4.74 Å². The van der Waals surface area contributed by atoms with E-state index in [-0.39, 0.29) is 0 Å². The lowest BCUT2D eigenvalue weighted by Crippen LogP contribution is -1.99. The normalized spacial score (nSPS) is 10.3. The Labute approximate surface area is 117 Å². The van der Waals surface area contributed by atoms with Crippen LogP contribution in [0.2, 0.25) is 10.2 Å². The van der Waals surface area contributed by atoms with Gasteiger partial charge < -0.3 is 4.74 Å². The summed E-state index contributed by atoms with van der Waals surface area (Å²) < 4.78 is 6.04. The summed E-state index contributed by atoms with van der Waals surface area (Å²) in [6.45, 7) is 0.309. The number of hydrogen-bond acceptors (Lipinski definition) is 3. The SMILES string of the molecule is Clc1cccc(OCc2ccc(Cl)c(Br)n2)n1. The van der Waals surface area contributed by atoms with Gasteiger partial charge in [0, 0.05) is 6.07 Å². The van der Waals surface area contributed by atoms with Crippen LogP contribution in [0, 0.1) is 0 Å². The summed E-state index contributed by atoms with van der Waals surface area (Å²) in [4.78, 5) is 8.22. The molecule has 88 valence electrons. The number of hydrogen-bond donors (Lipinski definition) is 0. The second kappa shape index (κ2) is 5.67. The van der Waals surface area contributed by atoms with Crippen LogP contribution in [-0.2, 0) is 6.61 Å². The van der Waals surface area contributed by atoms with Crippen molar-refractivity contribution in [3.8, 4) is 5.88 Å². The van der Waals surface area contributed by atoms with Crippen molar-refractivity contribution in [1.29, 1.82) is 0 Å². The van der Waals surface area contributed by atoms with E-state index in [1.54, 1.807) is 30.3 Å². The molecule has 0 bridgehead atoms. The molecule has 2 heterocycles. The second-order valence-electron chi connectivity index (χ2n) is 3.16. The van der Waals surface area contributed by atoms with Gasteiger partial charge in [-0.15, -0.1) is 0 Å². The predicted octanol–water partition coefficient (Wildman–Crippen LogP) is 4.12. The van der Waals surface area contributed by atoms with Crippen LogP contribution in [0.15, 0.2) is 34.9 Å². The average molecular weight is 334 g/mol. The number of pyridine rings is 2. The molecule has 0 aliphatic carbocycles. The topological polar surface area (TPSA) is 35.0 Å². The third-order valence-corrected chi connectivity index (χ3v) is 3.27. The first-order valence-corrected chi connectivity index (χ1v) is 6.26. The van der Waals surface area contributed by atoms with E-state index in [4.69, 9.17) is 27.9 Å². The van der Waals surface area contributed by atoms with Crippen LogP contribution in [0.4, 0.5) is 0 Å². The Morgan fingerprint density at radius 3 is 2.65 bits per heavy atom. The number of rotatable bonds is 3. The minimum Gasteiger partial charge on any atom is -0.471 e. The summed E-state index contributed by atoms with van der Waals surface area (Å²) in [5, 5.41) is 0.961. The zero-order chi connectivity index (χ0) is 12.3. The van der Waals surface area contributed by atoms with Gasteiger partial charge >= 0.3 is 0 Å². The van der Waals surface area contributed by atoms with Crippen LogP contribution in [-0.4, -0.2) is 9.97 Å². The van der Waals surface area contributed by atoms with Crippen molar-refractivity contribution in [2.45, 2.75) is 6.61 Å². The van der Waals surface area contributed by atoms with Crippen molar-refractivity contribution >= 4 is 39.1 Å². The highest BCUT2D eigenvalue weighted by atomic mass is 79.9. The van der Waals surface area contributed by atoms with Gasteiger partial charge in [-0.2, -0.15) is 0 Å². The summed E-state index contributed by atoms with van der Waals surface area (Å²) in [5.41, 5.74) is 0.753. The zero-order valence-electron chi connectivity index (χ0n) is 8.53. The quantitative estimate of drug-likeness (QED) is 0.792. The summed E-state index contributed by atoms with van der Waals surface area (Å²) in [5.74, 6) is 0.463. The Morgan fingerprint density at radius 1 is 1.12 bits per heavy atom. The lowest BCUT2D eigenvalue weighted by Gasteiger charge is -2.05. The zero-order valence-corrected chi connectivity index (χ0v) is 11.6. The number of halogens is 3. The molecule has 0 aromatic carbocycles. The maximum absolute atomic E-state index is 5.84. The van der Waals surface area contributed by atoms with Gasteiger partial charge in [0.2, 0.25) is 5.88 Å². The first-order valence-electron chi connectivity index (χ1n) is 4.71. The molecule has 2 aromatic heterocycles. The van der Waals surface area contributed by atoms with Gasteiger partial charge in [0.15, 0.2) is 0 Å². The molecule has 6 heteroatoms. The lowest BCUT2D eigenvalue weighted by atomic mass is 10.4. The van der Waals surface area contributed by atoms with Gasteiger partial charge in [-0.05, 0) is 34.1 Å². The van der Waals surface area contributed by atoms with Crippen LogP contribution in [0.1, 0.15) is 5.69 Å². The Balaban J connectivity index is 2.05. The molecule has 2 rings (SSSR count). The van der Waals surface area contributed by atoms with E-state index in [9.17, 15) is 0 Å². The van der Waals surface area contributed by atoms with Crippen LogP contribution >= 0.6 is 39.1 Å². The fourth-order valence-electron chi connectivity index (χ4n) is 1.15. The molecule has 0 aliphatic rings. The van der Waals surface area contributed by atoms with E-state index in [1.807, 2.05) is 0 Å². The summed E-state index contributed by atoms with van der Waals surface area (Å²) >= 11 is 14.8. The molecule has 0 spiro atoms. The second-order valence-corrected chi connectivity index (χ2v) is 4.71. The molecule has 3 nitrogen and oxygen atoms in total. The molecule has 2 aromatic rings. The van der Waals surface area contributed by atoms with Crippen molar-refractivity contribution < 1.29 is 4.74 Å². The maximum atomic E-state index is 5.84. The first-order chi connectivity index (χ1) is 8.15. The number of nitrogens with zero attached hydrogens (tertiary/aromatic N) is 2. The van der Waals surface area contributed by atoms with E-state index in [0.717, 1.165) is 5.69 Å². The van der Waals surface area contributed by atoms with Crippen LogP contribution in [0.3, 0.4) is 0 Å². The molecule has 0 amide bonds. The van der Waals surface area contributed by atoms with Gasteiger partial charge in [-0.3, -0.25) is 0 Å². The van der Waals surface area contributed by atoms with E-state index >= 15 is 0 Å². The fraction of sp³-hybridized carbons (Fsp3) is 0.0909. The predicted molar refractivity (Wildman–Crippen MR) is 70.5 cm³/mol. The molecule has 0 aliphatic heterocycles. The van der Waals surface area contributed by atoms with Crippen LogP contribution in [0.5, 0.6) is 5.88 Å². The van der Waals surface area contributed by atoms with E-state index in [2.05, 4.69) is 25.9 Å². The standard InChI is InChI=1S/C11H7BrCl2N2O/c12-11-8(13)5-4-7(15-11)6-17-10-3-1-2-9(14)16-10/h1-5H,6H2. The fourth-order valence-corrected chi connectivity index (χ4v) is 1.77. The van der Waals surface area contributed by atoms with Crippen molar-refractivity contribution in [2.75, 3.05) is 0 Å². The molecular formula is C11H7BrCl2N2O. The van der Waals surface area contributed by atoms with Crippen molar-refractivity contribution in [3.05, 3.63) is 50.8 Å². The Kier molecular flexibility index (Phi) is 4.20. The molecule has 0 atom stereocenters.